The van der Waals surface area contributed by atoms with E-state index in [0.29, 0.717) is 17.8 Å². The minimum absolute atomic E-state index is 0.0540. The summed E-state index contributed by atoms with van der Waals surface area (Å²) in [6, 6.07) is 5.29. The lowest BCUT2D eigenvalue weighted by Crippen LogP contribution is -2.50. The number of nitrogens with zero attached hydrogens (tertiary/aromatic N) is 3. The van der Waals surface area contributed by atoms with Gasteiger partial charge in [-0.2, -0.15) is 26.3 Å². The van der Waals surface area contributed by atoms with E-state index in [1.54, 1.807) is 6.92 Å². The molecule has 188 valence electrons. The summed E-state index contributed by atoms with van der Waals surface area (Å²) < 4.78 is 99.7. The quantitative estimate of drug-likeness (QED) is 0.277. The number of hydrogen-bond donors (Lipinski definition) is 0. The highest BCUT2D eigenvalue weighted by atomic mass is 35.5. The Hall–Kier alpha value is -3.15. The first-order valence-electron chi connectivity index (χ1n) is 9.95. The van der Waals surface area contributed by atoms with Gasteiger partial charge in [-0.3, -0.25) is 0 Å². The van der Waals surface area contributed by atoms with E-state index in [1.165, 1.54) is 42.9 Å². The van der Waals surface area contributed by atoms with Crippen LogP contribution in [0.15, 0.2) is 36.5 Å². The van der Waals surface area contributed by atoms with Gasteiger partial charge in [0.05, 0.1) is 29.1 Å². The molecule has 0 unspecified atom stereocenters. The van der Waals surface area contributed by atoms with Crippen molar-refractivity contribution < 1.29 is 40.3 Å². The number of alkyl halides is 7. The van der Waals surface area contributed by atoms with Crippen molar-refractivity contribution in [1.29, 1.82) is 0 Å². The van der Waals surface area contributed by atoms with E-state index < -0.39 is 29.6 Å². The molecule has 3 aromatic rings. The molecule has 0 spiro atoms. The number of hydrogen-bond acceptors (Lipinski definition) is 4. The van der Waals surface area contributed by atoms with Gasteiger partial charge in [-0.05, 0) is 50.1 Å². The first-order valence-corrected chi connectivity index (χ1v) is 10.3. The van der Waals surface area contributed by atoms with Crippen molar-refractivity contribution in [3.63, 3.8) is 0 Å². The van der Waals surface area contributed by atoms with Gasteiger partial charge in [-0.1, -0.05) is 28.9 Å². The van der Waals surface area contributed by atoms with Crippen LogP contribution in [0.3, 0.4) is 0 Å². The molecule has 0 aliphatic heterocycles. The summed E-state index contributed by atoms with van der Waals surface area (Å²) in [5.41, 5.74) is -6.62. The first-order chi connectivity index (χ1) is 16.1. The SMILES string of the molecule is CCOC(=O)c1cc(-n2cc(-c3c(C)cc(C(F)(C(F)(F)F)C(F)(F)F)cc3C)nn2)ccc1Cl. The maximum atomic E-state index is 14.5. The van der Waals surface area contributed by atoms with E-state index in [4.69, 9.17) is 16.3 Å². The summed E-state index contributed by atoms with van der Waals surface area (Å²) in [6.45, 7) is 4.20. The van der Waals surface area contributed by atoms with Crippen LogP contribution in [0.1, 0.15) is 34.0 Å². The first kappa shape index (κ1) is 26.5. The lowest BCUT2D eigenvalue weighted by Gasteiger charge is -2.31. The number of benzene rings is 2. The zero-order chi connectivity index (χ0) is 26.3. The fourth-order valence-corrected chi connectivity index (χ4v) is 3.77. The largest absolute Gasteiger partial charge is 0.462 e. The van der Waals surface area contributed by atoms with Gasteiger partial charge >= 0.3 is 24.0 Å². The predicted octanol–water partition coefficient (Wildman–Crippen LogP) is 6.67. The molecular weight excluding hydrogens is 507 g/mol. The minimum atomic E-state index is -6.22. The highest BCUT2D eigenvalue weighted by Crippen LogP contribution is 2.53. The third-order valence-corrected chi connectivity index (χ3v) is 5.50. The third-order valence-electron chi connectivity index (χ3n) is 5.17. The normalized spacial score (nSPS) is 12.7. The van der Waals surface area contributed by atoms with Crippen LogP contribution in [0.4, 0.5) is 30.7 Å². The Bertz CT molecular complexity index is 1230. The van der Waals surface area contributed by atoms with Crippen LogP contribution in [0.25, 0.3) is 16.9 Å². The monoisotopic (exact) mass is 523 g/mol. The highest BCUT2D eigenvalue weighted by Gasteiger charge is 2.73. The second-order valence-corrected chi connectivity index (χ2v) is 7.98. The van der Waals surface area contributed by atoms with Crippen LogP contribution in [0.5, 0.6) is 0 Å². The highest BCUT2D eigenvalue weighted by molar-refractivity contribution is 6.33. The Balaban J connectivity index is 2.06. The number of halogens is 8. The molecule has 35 heavy (non-hydrogen) atoms. The van der Waals surface area contributed by atoms with Gasteiger partial charge in [0.2, 0.25) is 0 Å². The Labute approximate surface area is 199 Å². The van der Waals surface area contributed by atoms with Crippen molar-refractivity contribution in [3.05, 3.63) is 63.8 Å². The van der Waals surface area contributed by atoms with Gasteiger partial charge < -0.3 is 4.74 Å². The molecule has 0 bridgehead atoms. The molecule has 5 nitrogen and oxygen atoms in total. The van der Waals surface area contributed by atoms with Gasteiger partial charge in [0.1, 0.15) is 5.69 Å². The number of carbonyl (C=O) groups is 1. The molecule has 0 radical (unpaired) electrons. The molecule has 0 saturated carbocycles. The molecule has 13 heteroatoms. The van der Waals surface area contributed by atoms with Gasteiger partial charge in [-0.15, -0.1) is 5.10 Å². The molecule has 1 heterocycles. The zero-order valence-corrected chi connectivity index (χ0v) is 19.1. The van der Waals surface area contributed by atoms with Gasteiger partial charge in [0.15, 0.2) is 0 Å². The summed E-state index contributed by atoms with van der Waals surface area (Å²) in [4.78, 5) is 12.1. The van der Waals surface area contributed by atoms with E-state index in [0.717, 1.165) is 0 Å². The van der Waals surface area contributed by atoms with E-state index in [2.05, 4.69) is 10.3 Å². The van der Waals surface area contributed by atoms with E-state index in [9.17, 15) is 35.5 Å². The molecule has 0 N–H and O–H groups in total. The van der Waals surface area contributed by atoms with Crippen molar-refractivity contribution in [2.24, 2.45) is 0 Å². The van der Waals surface area contributed by atoms with Crippen molar-refractivity contribution in [3.8, 4) is 16.9 Å². The molecule has 0 atom stereocenters. The lowest BCUT2D eigenvalue weighted by atomic mass is 9.88. The van der Waals surface area contributed by atoms with Crippen molar-refractivity contribution in [2.75, 3.05) is 6.61 Å². The van der Waals surface area contributed by atoms with Gasteiger partial charge in [0, 0.05) is 11.1 Å². The average Bonchev–Trinajstić information content (AvgIpc) is 3.21. The molecule has 1 aromatic heterocycles. The average molecular weight is 524 g/mol. The Morgan fingerprint density at radius 2 is 1.57 bits per heavy atom. The smallest absolute Gasteiger partial charge is 0.435 e. The molecular formula is C22H17ClF7N3O2. The Morgan fingerprint density at radius 1 is 1.00 bits per heavy atom. The molecule has 2 aromatic carbocycles. The van der Waals surface area contributed by atoms with Crippen LogP contribution in [0, 0.1) is 13.8 Å². The summed E-state index contributed by atoms with van der Waals surface area (Å²) in [7, 11) is 0. The van der Waals surface area contributed by atoms with Crippen molar-refractivity contribution in [1.82, 2.24) is 15.0 Å². The fraction of sp³-hybridized carbons (Fsp3) is 0.318. The zero-order valence-electron chi connectivity index (χ0n) is 18.4. The van der Waals surface area contributed by atoms with Gasteiger partial charge in [-0.25, -0.2) is 13.9 Å². The Morgan fingerprint density at radius 3 is 2.09 bits per heavy atom. The summed E-state index contributed by atoms with van der Waals surface area (Å²) >= 11 is 6.04. The Kier molecular flexibility index (Phi) is 6.91. The third kappa shape index (κ3) is 4.71. The van der Waals surface area contributed by atoms with Gasteiger partial charge in [0.25, 0.3) is 0 Å². The number of esters is 1. The maximum Gasteiger partial charge on any atom is 0.435 e. The van der Waals surface area contributed by atoms with Crippen LogP contribution in [-0.4, -0.2) is 39.9 Å². The number of aromatic nitrogens is 3. The van der Waals surface area contributed by atoms with Crippen molar-refractivity contribution in [2.45, 2.75) is 38.8 Å². The summed E-state index contributed by atoms with van der Waals surface area (Å²) in [6.07, 6.45) is -11.1. The predicted molar refractivity (Wildman–Crippen MR) is 112 cm³/mol. The summed E-state index contributed by atoms with van der Waals surface area (Å²) in [5, 5.41) is 7.96. The molecule has 3 rings (SSSR count). The van der Waals surface area contributed by atoms with Crippen LogP contribution in [0.2, 0.25) is 5.02 Å². The van der Waals surface area contributed by atoms with E-state index in [1.807, 2.05) is 0 Å². The number of rotatable bonds is 5. The molecule has 0 amide bonds. The fourth-order valence-electron chi connectivity index (χ4n) is 3.58. The topological polar surface area (TPSA) is 57.0 Å². The standard InChI is InChI=1S/C22H17ClF7N3O2/c1-4-35-19(34)15-9-14(5-6-16(15)23)33-10-17(31-32-33)18-11(2)7-13(8-12(18)3)20(24,21(25,26)27)22(28,29)30/h5-10H,4H2,1-3H3. The maximum absolute atomic E-state index is 14.5. The van der Waals surface area contributed by atoms with Crippen molar-refractivity contribution >= 4 is 17.6 Å². The van der Waals surface area contributed by atoms with Crippen LogP contribution in [-0.2, 0) is 10.4 Å². The van der Waals surface area contributed by atoms with Crippen LogP contribution < -0.4 is 0 Å². The molecule has 0 aliphatic carbocycles. The molecule has 0 fully saturated rings. The second-order valence-electron chi connectivity index (χ2n) is 7.57. The van der Waals surface area contributed by atoms with E-state index in [-0.39, 0.29) is 39.6 Å². The second kappa shape index (κ2) is 9.14. The van der Waals surface area contributed by atoms with Crippen LogP contribution >= 0.6 is 11.6 Å². The van der Waals surface area contributed by atoms with E-state index >= 15 is 0 Å². The lowest BCUT2D eigenvalue weighted by molar-refractivity contribution is -0.348. The number of aryl methyl sites for hydroxylation is 2. The number of ether oxygens (including phenoxy) is 1. The summed E-state index contributed by atoms with van der Waals surface area (Å²) in [5.74, 6) is -0.675. The molecule has 0 aliphatic rings. The molecule has 0 saturated heterocycles. The minimum Gasteiger partial charge on any atom is -0.462 e. The number of carbonyl (C=O) groups excluding carboxylic acids is 1.